The molecule has 0 radical (unpaired) electrons. The molecule has 218 valence electrons. The highest BCUT2D eigenvalue weighted by molar-refractivity contribution is 6.46. The van der Waals surface area contributed by atoms with E-state index in [0.29, 0.717) is 22.0 Å². The van der Waals surface area contributed by atoms with Gasteiger partial charge < -0.3 is 25.9 Å². The highest BCUT2D eigenvalue weighted by atomic mass is 35.5. The Morgan fingerprint density at radius 3 is 2.35 bits per heavy atom. The number of nitrogens with two attached hydrogens (primary N) is 1. The molecule has 3 rings (SSSR count). The van der Waals surface area contributed by atoms with Crippen molar-refractivity contribution in [2.45, 2.75) is 53.1 Å². The van der Waals surface area contributed by atoms with Gasteiger partial charge in [0.05, 0.1) is 23.5 Å². The first-order chi connectivity index (χ1) is 19.0. The molecule has 0 saturated carbocycles. The summed E-state index contributed by atoms with van der Waals surface area (Å²) in [6.45, 7) is 20.1. The maximum Gasteiger partial charge on any atom is 0.289 e. The van der Waals surface area contributed by atoms with E-state index in [0.717, 1.165) is 50.4 Å². The van der Waals surface area contributed by atoms with E-state index in [1.165, 1.54) is 4.90 Å². The van der Waals surface area contributed by atoms with E-state index in [2.05, 4.69) is 33.7 Å². The fourth-order valence-corrected chi connectivity index (χ4v) is 5.14. The first kappa shape index (κ1) is 31.3. The van der Waals surface area contributed by atoms with Gasteiger partial charge in [-0.05, 0) is 55.6 Å². The molecule has 0 aromatic heterocycles. The molecule has 0 aliphatic carbocycles. The van der Waals surface area contributed by atoms with Crippen LogP contribution in [-0.4, -0.2) is 72.5 Å². The van der Waals surface area contributed by atoms with Crippen LogP contribution in [0.15, 0.2) is 42.0 Å². The summed E-state index contributed by atoms with van der Waals surface area (Å²) in [5.74, 6) is 5.80. The number of hydrogen-bond donors (Lipinski definition) is 3. The molecule has 1 fully saturated rings. The summed E-state index contributed by atoms with van der Waals surface area (Å²) in [6, 6.07) is 8.90. The molecule has 0 spiro atoms. The number of piperazine rings is 1. The lowest BCUT2D eigenvalue weighted by Crippen LogP contribution is -2.45. The summed E-state index contributed by atoms with van der Waals surface area (Å²) < 4.78 is 5.49. The zero-order valence-electron chi connectivity index (χ0n) is 24.5. The van der Waals surface area contributed by atoms with Crippen molar-refractivity contribution in [3.05, 3.63) is 58.6 Å². The van der Waals surface area contributed by atoms with E-state index in [9.17, 15) is 9.90 Å². The third-order valence-electron chi connectivity index (χ3n) is 7.08. The Morgan fingerprint density at radius 2 is 1.82 bits per heavy atom. The number of phenolic OH excluding ortho intramolecular Hbond substituents is 1. The minimum Gasteiger partial charge on any atom is -0.507 e. The number of hydrazone groups is 1. The zero-order chi connectivity index (χ0) is 29.6. The molecule has 1 saturated heterocycles. The number of carbonyl (C=O) groups excluding carboxylic acids is 1. The molecule has 0 unspecified atom stereocenters. The lowest BCUT2D eigenvalue weighted by Gasteiger charge is -2.34. The van der Waals surface area contributed by atoms with E-state index in [4.69, 9.17) is 22.2 Å². The monoisotopic (exact) mass is 570 g/mol. The molecule has 2 aromatic rings. The average Bonchev–Trinajstić information content (AvgIpc) is 2.91. The van der Waals surface area contributed by atoms with E-state index in [1.807, 2.05) is 45.9 Å². The van der Waals surface area contributed by atoms with Gasteiger partial charge in [-0.15, -0.1) is 0 Å². The number of ether oxygens (including phenoxy) is 1. The van der Waals surface area contributed by atoms with E-state index >= 15 is 0 Å². The minimum atomic E-state index is -0.496. The van der Waals surface area contributed by atoms with Gasteiger partial charge >= 0.3 is 0 Å². The fraction of sp³-hybridized carbons (Fsp3) is 0.467. The van der Waals surface area contributed by atoms with Crippen molar-refractivity contribution in [2.75, 3.05) is 44.7 Å². The number of likely N-dealkylation sites (N-methyl/N-ethyl adjacent to an activating group) is 1. The normalized spacial score (nSPS) is 15.0. The lowest BCUT2D eigenvalue weighted by atomic mass is 9.97. The maximum atomic E-state index is 13.2. The van der Waals surface area contributed by atoms with Crippen molar-refractivity contribution in [2.24, 2.45) is 10.9 Å². The number of carbonyl (C=O) groups is 1. The van der Waals surface area contributed by atoms with Crippen LogP contribution in [0.3, 0.4) is 0 Å². The summed E-state index contributed by atoms with van der Waals surface area (Å²) in [7, 11) is 1.56. The fourth-order valence-electron chi connectivity index (χ4n) is 4.85. The minimum absolute atomic E-state index is 0.0594. The van der Waals surface area contributed by atoms with Gasteiger partial charge in [-0.2, -0.15) is 5.10 Å². The second kappa shape index (κ2) is 13.9. The van der Waals surface area contributed by atoms with Crippen LogP contribution in [0.5, 0.6) is 11.5 Å². The van der Waals surface area contributed by atoms with Crippen molar-refractivity contribution >= 4 is 34.7 Å². The van der Waals surface area contributed by atoms with Crippen LogP contribution in [0.4, 0.5) is 5.69 Å². The van der Waals surface area contributed by atoms with Gasteiger partial charge in [0, 0.05) is 50.4 Å². The highest BCUT2D eigenvalue weighted by Gasteiger charge is 2.29. The van der Waals surface area contributed by atoms with Crippen molar-refractivity contribution in [3.8, 4) is 11.5 Å². The van der Waals surface area contributed by atoms with E-state index in [-0.39, 0.29) is 29.2 Å². The van der Waals surface area contributed by atoms with Crippen molar-refractivity contribution in [1.29, 1.82) is 0 Å². The third kappa shape index (κ3) is 7.27. The number of amidine groups is 1. The van der Waals surface area contributed by atoms with Gasteiger partial charge in [-0.25, -0.2) is 0 Å². The van der Waals surface area contributed by atoms with Gasteiger partial charge in [0.1, 0.15) is 11.5 Å². The Hall–Kier alpha value is -3.27. The summed E-state index contributed by atoms with van der Waals surface area (Å²) in [5.41, 5.74) is 3.08. The van der Waals surface area contributed by atoms with Crippen LogP contribution < -0.4 is 20.8 Å². The van der Waals surface area contributed by atoms with Gasteiger partial charge in [-0.3, -0.25) is 14.6 Å². The molecule has 9 nitrogen and oxygen atoms in total. The Labute approximate surface area is 243 Å². The maximum absolute atomic E-state index is 13.2. The van der Waals surface area contributed by atoms with E-state index < -0.39 is 5.91 Å². The number of halogens is 1. The Morgan fingerprint density at radius 1 is 1.18 bits per heavy atom. The van der Waals surface area contributed by atoms with Crippen LogP contribution in [0.25, 0.3) is 5.70 Å². The number of aromatic hydroxyl groups is 1. The van der Waals surface area contributed by atoms with Crippen LogP contribution in [-0.2, 0) is 11.3 Å². The van der Waals surface area contributed by atoms with Crippen molar-refractivity contribution in [3.63, 3.8) is 0 Å². The largest absolute Gasteiger partial charge is 0.507 e. The average molecular weight is 571 g/mol. The molecule has 1 aliphatic heterocycles. The van der Waals surface area contributed by atoms with Gasteiger partial charge in [0.2, 0.25) is 5.84 Å². The first-order valence-corrected chi connectivity index (χ1v) is 14.1. The second-order valence-electron chi connectivity index (χ2n) is 10.6. The van der Waals surface area contributed by atoms with Crippen molar-refractivity contribution < 1.29 is 14.6 Å². The van der Waals surface area contributed by atoms with Gasteiger partial charge in [0.25, 0.3) is 5.91 Å². The quantitative estimate of drug-likeness (QED) is 0.175. The number of nitrogens with one attached hydrogen (secondary N) is 1. The number of hydrogen-bond acceptors (Lipinski definition) is 7. The molecular formula is C30H43ClN6O3. The van der Waals surface area contributed by atoms with Crippen LogP contribution in [0.1, 0.15) is 57.2 Å². The van der Waals surface area contributed by atoms with Crippen LogP contribution >= 0.6 is 11.6 Å². The molecular weight excluding hydrogens is 528 g/mol. The highest BCUT2D eigenvalue weighted by Crippen LogP contribution is 2.40. The molecule has 1 aliphatic rings. The smallest absolute Gasteiger partial charge is 0.289 e. The Bertz CT molecular complexity index is 1240. The second-order valence-corrected chi connectivity index (χ2v) is 11.0. The number of amides is 1. The van der Waals surface area contributed by atoms with Crippen molar-refractivity contribution in [1.82, 2.24) is 15.1 Å². The number of phenols is 1. The predicted molar refractivity (Wildman–Crippen MR) is 164 cm³/mol. The Kier molecular flexibility index (Phi) is 10.8. The number of anilines is 1. The summed E-state index contributed by atoms with van der Waals surface area (Å²) in [4.78, 5) is 19.6. The molecule has 1 amide bonds. The number of nitrogens with zero attached hydrogens (tertiary/aromatic N) is 4. The SMILES string of the molecule is C=C(c1cc(C(C)C)c(OC)cc1O)N(/C(=N\N)C(=O)NC(C)C)c1ccc(CN2CCN(CC)CC2)cc1Cl. The lowest BCUT2D eigenvalue weighted by molar-refractivity contribution is -0.115. The molecule has 2 aromatic carbocycles. The molecule has 4 N–H and O–H groups in total. The Balaban J connectivity index is 2.04. The standard InChI is InChI=1S/C30H43ClN6O3/c1-8-35-11-13-36(14-12-35)18-22-9-10-26(25(31)15-22)37(29(34-32)30(39)33-20(4)5)21(6)24-16-23(19(2)3)28(40-7)17-27(24)38/h9-10,15-17,19-20,38H,6,8,11-14,18,32H2,1-5,7H3,(H,33,39)/b34-29-. The molecule has 40 heavy (non-hydrogen) atoms. The number of benzene rings is 2. The van der Waals surface area contributed by atoms with Crippen LogP contribution in [0.2, 0.25) is 5.02 Å². The number of methoxy groups -OCH3 is 1. The van der Waals surface area contributed by atoms with Gasteiger partial charge in [-0.1, -0.05) is 45.0 Å². The topological polar surface area (TPSA) is 107 Å². The first-order valence-electron chi connectivity index (χ1n) is 13.7. The molecule has 1 heterocycles. The van der Waals surface area contributed by atoms with E-state index in [1.54, 1.807) is 19.2 Å². The molecule has 10 heteroatoms. The van der Waals surface area contributed by atoms with Crippen LogP contribution in [0, 0.1) is 0 Å². The summed E-state index contributed by atoms with van der Waals surface area (Å²) >= 11 is 6.88. The predicted octanol–water partition coefficient (Wildman–Crippen LogP) is 4.59. The van der Waals surface area contributed by atoms with Gasteiger partial charge in [0.15, 0.2) is 0 Å². The number of rotatable bonds is 9. The third-order valence-corrected chi connectivity index (χ3v) is 7.38. The summed E-state index contributed by atoms with van der Waals surface area (Å²) in [6.07, 6.45) is 0. The molecule has 0 bridgehead atoms. The summed E-state index contributed by atoms with van der Waals surface area (Å²) in [5, 5.41) is 18.1. The zero-order valence-corrected chi connectivity index (χ0v) is 25.3. The molecule has 0 atom stereocenters.